The fourth-order valence-corrected chi connectivity index (χ4v) is 1.82. The highest BCUT2D eigenvalue weighted by molar-refractivity contribution is 6.30. The van der Waals surface area contributed by atoms with Crippen LogP contribution in [0.3, 0.4) is 0 Å². The van der Waals surface area contributed by atoms with E-state index in [2.05, 4.69) is 9.97 Å². The number of aliphatic carboxylic acids is 1. The van der Waals surface area contributed by atoms with Crippen molar-refractivity contribution in [2.45, 2.75) is 6.42 Å². The molecule has 0 fully saturated rings. The van der Waals surface area contributed by atoms with Crippen molar-refractivity contribution in [2.75, 3.05) is 7.11 Å². The Hall–Kier alpha value is -2.01. The largest absolute Gasteiger partial charge is 0.496 e. The van der Waals surface area contributed by atoms with Crippen LogP contribution in [0.5, 0.6) is 5.75 Å². The summed E-state index contributed by atoms with van der Waals surface area (Å²) in [6.07, 6.45) is -0.193. The molecule has 0 radical (unpaired) electrons. The van der Waals surface area contributed by atoms with E-state index in [1.165, 1.54) is 0 Å². The van der Waals surface area contributed by atoms with E-state index >= 15 is 0 Å². The van der Waals surface area contributed by atoms with E-state index in [4.69, 9.17) is 21.4 Å². The van der Waals surface area contributed by atoms with Crippen LogP contribution in [0.15, 0.2) is 24.3 Å². The number of hydrogen-bond donors (Lipinski definition) is 2. The van der Waals surface area contributed by atoms with Gasteiger partial charge in [-0.25, -0.2) is 4.98 Å². The Morgan fingerprint density at radius 1 is 1.50 bits per heavy atom. The zero-order valence-corrected chi connectivity index (χ0v) is 10.4. The molecule has 6 heteroatoms. The van der Waals surface area contributed by atoms with Crippen LogP contribution in [0, 0.1) is 0 Å². The van der Waals surface area contributed by atoms with Crippen LogP contribution in [-0.4, -0.2) is 28.2 Å². The number of H-pyrrole nitrogens is 1. The predicted octanol–water partition coefficient (Wildman–Crippen LogP) is 2.37. The lowest BCUT2D eigenvalue weighted by molar-refractivity contribution is -0.136. The Bertz CT molecular complexity index is 580. The van der Waals surface area contributed by atoms with Crippen molar-refractivity contribution in [2.24, 2.45) is 0 Å². The maximum atomic E-state index is 10.7. The molecule has 1 aromatic carbocycles. The molecule has 2 rings (SSSR count). The highest BCUT2D eigenvalue weighted by atomic mass is 35.5. The zero-order valence-electron chi connectivity index (χ0n) is 9.61. The molecule has 0 amide bonds. The summed E-state index contributed by atoms with van der Waals surface area (Å²) in [4.78, 5) is 17.7. The van der Waals surface area contributed by atoms with Crippen molar-refractivity contribution in [3.63, 3.8) is 0 Å². The molecule has 0 saturated heterocycles. The van der Waals surface area contributed by atoms with Crippen molar-refractivity contribution < 1.29 is 14.6 Å². The summed E-state index contributed by atoms with van der Waals surface area (Å²) in [6.45, 7) is 0. The summed E-state index contributed by atoms with van der Waals surface area (Å²) >= 11 is 5.89. The lowest BCUT2D eigenvalue weighted by atomic mass is 10.2. The number of carboxylic acids is 1. The fraction of sp³-hybridized carbons (Fsp3) is 0.167. The quantitative estimate of drug-likeness (QED) is 0.891. The molecule has 0 bridgehead atoms. The summed E-state index contributed by atoms with van der Waals surface area (Å²) in [5, 5.41) is 8.91. The molecular formula is C12H11ClN2O3. The summed E-state index contributed by atoms with van der Waals surface area (Å²) in [5.41, 5.74) is 1.11. The third-order valence-corrected chi connectivity index (χ3v) is 2.73. The van der Waals surface area contributed by atoms with Gasteiger partial charge in [0.05, 0.1) is 24.8 Å². The minimum Gasteiger partial charge on any atom is -0.496 e. The molecule has 0 atom stereocenters. The van der Waals surface area contributed by atoms with Crippen LogP contribution in [0.25, 0.3) is 11.4 Å². The van der Waals surface area contributed by atoms with E-state index in [1.54, 1.807) is 13.2 Å². The van der Waals surface area contributed by atoms with E-state index in [0.29, 0.717) is 17.3 Å². The molecule has 0 aliphatic heterocycles. The van der Waals surface area contributed by atoms with E-state index < -0.39 is 5.97 Å². The predicted molar refractivity (Wildman–Crippen MR) is 66.9 cm³/mol. The summed E-state index contributed by atoms with van der Waals surface area (Å²) in [6, 6.07) is 7.29. The molecule has 2 N–H and O–H groups in total. The van der Waals surface area contributed by atoms with Gasteiger partial charge in [0.15, 0.2) is 5.15 Å². The third-order valence-electron chi connectivity index (χ3n) is 2.42. The molecule has 2 aromatic rings. The van der Waals surface area contributed by atoms with Crippen LogP contribution >= 0.6 is 11.6 Å². The van der Waals surface area contributed by atoms with Gasteiger partial charge in [0.1, 0.15) is 11.6 Å². The number of imidazole rings is 1. The molecule has 1 heterocycles. The Kier molecular flexibility index (Phi) is 3.53. The Morgan fingerprint density at radius 3 is 2.89 bits per heavy atom. The van der Waals surface area contributed by atoms with Gasteiger partial charge in [-0.05, 0) is 12.1 Å². The molecule has 0 unspecified atom stereocenters. The molecule has 94 valence electrons. The first-order valence-electron chi connectivity index (χ1n) is 5.21. The van der Waals surface area contributed by atoms with Crippen molar-refractivity contribution in [1.29, 1.82) is 0 Å². The summed E-state index contributed by atoms with van der Waals surface area (Å²) < 4.78 is 5.21. The minimum atomic E-state index is -0.966. The number of benzene rings is 1. The zero-order chi connectivity index (χ0) is 13.1. The van der Waals surface area contributed by atoms with Crippen molar-refractivity contribution in [3.8, 4) is 17.1 Å². The van der Waals surface area contributed by atoms with Gasteiger partial charge in [0.25, 0.3) is 0 Å². The van der Waals surface area contributed by atoms with Crippen molar-refractivity contribution in [1.82, 2.24) is 9.97 Å². The van der Waals surface area contributed by atoms with Crippen LogP contribution in [0.1, 0.15) is 5.69 Å². The monoisotopic (exact) mass is 266 g/mol. The number of para-hydroxylation sites is 1. The van der Waals surface area contributed by atoms with Crippen LogP contribution in [0.2, 0.25) is 5.15 Å². The number of ether oxygens (including phenoxy) is 1. The normalized spacial score (nSPS) is 10.3. The van der Waals surface area contributed by atoms with Gasteiger partial charge in [0.2, 0.25) is 0 Å². The number of aromatic nitrogens is 2. The number of nitrogens with zero attached hydrogens (tertiary/aromatic N) is 1. The molecule has 0 saturated carbocycles. The molecular weight excluding hydrogens is 256 g/mol. The number of methoxy groups -OCH3 is 1. The minimum absolute atomic E-state index is 0.165. The highest BCUT2D eigenvalue weighted by Gasteiger charge is 2.14. The molecule has 1 aromatic heterocycles. The smallest absolute Gasteiger partial charge is 0.309 e. The number of aromatic amines is 1. The Balaban J connectivity index is 2.42. The van der Waals surface area contributed by atoms with Crippen molar-refractivity contribution >= 4 is 17.6 Å². The first-order chi connectivity index (χ1) is 8.61. The van der Waals surface area contributed by atoms with Gasteiger partial charge >= 0.3 is 5.97 Å². The standard InChI is InChI=1S/C12H11ClN2O3/c1-18-9-5-3-2-4-7(9)12-14-8(6-10(16)17)11(13)15-12/h2-5H,6H2,1H3,(H,14,15)(H,16,17). The first-order valence-corrected chi connectivity index (χ1v) is 5.59. The second kappa shape index (κ2) is 5.10. The number of hydrogen-bond acceptors (Lipinski definition) is 3. The number of rotatable bonds is 4. The van der Waals surface area contributed by atoms with E-state index in [9.17, 15) is 4.79 Å². The van der Waals surface area contributed by atoms with E-state index in [1.807, 2.05) is 18.2 Å². The average molecular weight is 267 g/mol. The number of carbonyl (C=O) groups is 1. The Morgan fingerprint density at radius 2 is 2.22 bits per heavy atom. The topological polar surface area (TPSA) is 75.2 Å². The van der Waals surface area contributed by atoms with Gasteiger partial charge in [-0.3, -0.25) is 4.79 Å². The lowest BCUT2D eigenvalue weighted by Crippen LogP contribution is -2.00. The van der Waals surface area contributed by atoms with Gasteiger partial charge in [-0.15, -0.1) is 0 Å². The van der Waals surface area contributed by atoms with Crippen LogP contribution in [0.4, 0.5) is 0 Å². The van der Waals surface area contributed by atoms with Gasteiger partial charge < -0.3 is 14.8 Å². The average Bonchev–Trinajstić information content (AvgIpc) is 2.70. The third kappa shape index (κ3) is 2.46. The SMILES string of the molecule is COc1ccccc1-c1nc(Cl)c(CC(=O)O)[nH]1. The number of halogens is 1. The van der Waals surface area contributed by atoms with Gasteiger partial charge in [-0.2, -0.15) is 0 Å². The highest BCUT2D eigenvalue weighted by Crippen LogP contribution is 2.29. The van der Waals surface area contributed by atoms with Crippen molar-refractivity contribution in [3.05, 3.63) is 35.1 Å². The van der Waals surface area contributed by atoms with Gasteiger partial charge in [-0.1, -0.05) is 23.7 Å². The van der Waals surface area contributed by atoms with E-state index in [0.717, 1.165) is 5.56 Å². The second-order valence-corrected chi connectivity index (χ2v) is 3.98. The molecule has 0 aliphatic rings. The first kappa shape index (κ1) is 12.4. The molecule has 0 aliphatic carbocycles. The maximum absolute atomic E-state index is 10.7. The van der Waals surface area contributed by atoms with Crippen LogP contribution < -0.4 is 4.74 Å². The molecule has 18 heavy (non-hydrogen) atoms. The summed E-state index contributed by atoms with van der Waals surface area (Å²) in [5.74, 6) is 0.172. The number of carboxylic acid groups (broad SMARTS) is 1. The Labute approximate surface area is 108 Å². The maximum Gasteiger partial charge on any atom is 0.309 e. The lowest BCUT2D eigenvalue weighted by Gasteiger charge is -2.04. The van der Waals surface area contributed by atoms with Gasteiger partial charge in [0, 0.05) is 0 Å². The number of nitrogens with one attached hydrogen (secondary N) is 1. The second-order valence-electron chi connectivity index (χ2n) is 3.63. The van der Waals surface area contributed by atoms with E-state index in [-0.39, 0.29) is 11.6 Å². The molecule has 5 nitrogen and oxygen atoms in total. The molecule has 0 spiro atoms. The van der Waals surface area contributed by atoms with Crippen LogP contribution in [-0.2, 0) is 11.2 Å². The fourth-order valence-electron chi connectivity index (χ4n) is 1.62. The summed E-state index contributed by atoms with van der Waals surface area (Å²) in [7, 11) is 1.56.